The molecule has 2 aliphatic carbocycles. The third-order valence-corrected chi connectivity index (χ3v) is 6.72. The molecule has 186 valence electrons. The maximum atomic E-state index is 12.8. The zero-order valence-electron chi connectivity index (χ0n) is 18.7. The second kappa shape index (κ2) is 9.59. The summed E-state index contributed by atoms with van der Waals surface area (Å²) in [4.78, 5) is 35.7. The van der Waals surface area contributed by atoms with Crippen molar-refractivity contribution in [2.24, 2.45) is 5.92 Å². The van der Waals surface area contributed by atoms with E-state index in [0.717, 1.165) is 28.7 Å². The van der Waals surface area contributed by atoms with Gasteiger partial charge in [-0.3, -0.25) is 9.59 Å². The number of carbonyl (C=O) groups excluding carboxylic acids is 2. The average molecular weight is 490 g/mol. The minimum Gasteiger partial charge on any atom is -0.481 e. The van der Waals surface area contributed by atoms with Crippen LogP contribution in [-0.4, -0.2) is 47.9 Å². The Labute approximate surface area is 199 Å². The number of alkyl halides is 3. The topological polar surface area (TPSA) is 105 Å². The van der Waals surface area contributed by atoms with E-state index >= 15 is 0 Å². The van der Waals surface area contributed by atoms with E-state index in [9.17, 15) is 27.6 Å². The van der Waals surface area contributed by atoms with Gasteiger partial charge >= 0.3 is 18.2 Å². The van der Waals surface area contributed by atoms with E-state index in [1.807, 2.05) is 53.8 Å². The van der Waals surface area contributed by atoms with Gasteiger partial charge in [0.05, 0.1) is 5.54 Å². The molecule has 0 heterocycles. The first-order chi connectivity index (χ1) is 16.6. The molecule has 0 saturated heterocycles. The number of aliphatic carboxylic acids is 1. The highest BCUT2D eigenvalue weighted by atomic mass is 19.4. The predicted octanol–water partition coefficient (Wildman–Crippen LogP) is 4.22. The first-order valence-corrected chi connectivity index (χ1v) is 11.3. The fraction of sp³-hybridized carbons (Fsp3) is 0.400. The molecule has 7 nitrogen and oxygen atoms in total. The monoisotopic (exact) mass is 490 g/mol. The number of benzene rings is 2. The van der Waals surface area contributed by atoms with Crippen molar-refractivity contribution in [1.29, 1.82) is 0 Å². The molecule has 2 aromatic carbocycles. The molecule has 2 amide bonds. The number of amides is 2. The average Bonchev–Trinajstić information content (AvgIpc) is 3.09. The van der Waals surface area contributed by atoms with E-state index in [4.69, 9.17) is 9.84 Å². The lowest BCUT2D eigenvalue weighted by atomic mass is 9.74. The molecule has 1 fully saturated rings. The Balaban J connectivity index is 1.34. The SMILES string of the molecule is O=C(CC1(NC(=O)OCC2c3ccccc3-c3ccccc32)CCC1)NCC(C(=O)O)C(F)(F)F. The Kier molecular flexibility index (Phi) is 6.73. The van der Waals surface area contributed by atoms with Crippen LogP contribution in [0.4, 0.5) is 18.0 Å². The van der Waals surface area contributed by atoms with Gasteiger partial charge in [0.15, 0.2) is 5.92 Å². The van der Waals surface area contributed by atoms with Gasteiger partial charge in [0.1, 0.15) is 6.61 Å². The summed E-state index contributed by atoms with van der Waals surface area (Å²) in [6.45, 7) is -0.979. The number of hydrogen-bond acceptors (Lipinski definition) is 4. The zero-order valence-corrected chi connectivity index (χ0v) is 18.7. The molecule has 1 atom stereocenters. The molecule has 0 spiro atoms. The molecular formula is C25H25F3N2O5. The van der Waals surface area contributed by atoms with E-state index in [1.54, 1.807) is 0 Å². The van der Waals surface area contributed by atoms with Crippen LogP contribution in [0, 0.1) is 5.92 Å². The number of carboxylic acid groups (broad SMARTS) is 1. The number of rotatable bonds is 8. The number of hydrogen-bond donors (Lipinski definition) is 3. The molecule has 0 aliphatic heterocycles. The van der Waals surface area contributed by atoms with Crippen LogP contribution >= 0.6 is 0 Å². The second-order valence-electron chi connectivity index (χ2n) is 9.00. The number of halogens is 3. The van der Waals surface area contributed by atoms with Crippen LogP contribution in [0.1, 0.15) is 42.7 Å². The molecule has 1 unspecified atom stereocenters. The number of alkyl carbamates (subject to hydrolysis) is 1. The maximum Gasteiger partial charge on any atom is 0.407 e. The number of fused-ring (bicyclic) bond motifs is 3. The zero-order chi connectivity index (χ0) is 25.2. The standard InChI is InChI=1S/C25H25F3N2O5/c26-25(27,28)20(22(32)33)13-29-21(31)12-24(10-5-11-24)30-23(34)35-14-19-17-8-3-1-6-15(17)16-7-2-4-9-18(16)19/h1-4,6-9,19-20H,5,10-14H2,(H,29,31)(H,30,34)(H,32,33). The molecule has 3 N–H and O–H groups in total. The number of carbonyl (C=O) groups is 3. The minimum absolute atomic E-state index is 0.0913. The second-order valence-corrected chi connectivity index (χ2v) is 9.00. The third kappa shape index (κ3) is 5.26. The lowest BCUT2D eigenvalue weighted by Crippen LogP contribution is -2.56. The van der Waals surface area contributed by atoms with Crippen molar-refractivity contribution < 1.29 is 37.4 Å². The van der Waals surface area contributed by atoms with Crippen LogP contribution in [0.5, 0.6) is 0 Å². The molecule has 0 bridgehead atoms. The van der Waals surface area contributed by atoms with Gasteiger partial charge in [-0.25, -0.2) is 4.79 Å². The first kappa shape index (κ1) is 24.6. The van der Waals surface area contributed by atoms with Crippen LogP contribution in [0.3, 0.4) is 0 Å². The van der Waals surface area contributed by atoms with Crippen LogP contribution in [-0.2, 0) is 14.3 Å². The summed E-state index contributed by atoms with van der Waals surface area (Å²) < 4.78 is 43.9. The molecule has 2 aliphatic rings. The fourth-order valence-corrected chi connectivity index (χ4v) is 4.73. The molecule has 0 aromatic heterocycles. The lowest BCUT2D eigenvalue weighted by molar-refractivity contribution is -0.192. The van der Waals surface area contributed by atoms with Gasteiger partial charge in [0.25, 0.3) is 0 Å². The number of ether oxygens (including phenoxy) is 1. The summed E-state index contributed by atoms with van der Waals surface area (Å²) >= 11 is 0. The molecule has 1 saturated carbocycles. The summed E-state index contributed by atoms with van der Waals surface area (Å²) in [5, 5.41) is 13.5. The Bertz CT molecular complexity index is 1080. The molecule has 2 aromatic rings. The highest BCUT2D eigenvalue weighted by Crippen LogP contribution is 2.44. The van der Waals surface area contributed by atoms with E-state index in [2.05, 4.69) is 5.32 Å². The fourth-order valence-electron chi connectivity index (χ4n) is 4.73. The Morgan fingerprint density at radius 3 is 2.09 bits per heavy atom. The van der Waals surface area contributed by atoms with Crippen molar-refractivity contribution in [3.8, 4) is 11.1 Å². The van der Waals surface area contributed by atoms with E-state index in [0.29, 0.717) is 12.8 Å². The van der Waals surface area contributed by atoms with Gasteiger partial charge in [-0.05, 0) is 41.5 Å². The predicted molar refractivity (Wildman–Crippen MR) is 120 cm³/mol. The Morgan fingerprint density at radius 2 is 1.60 bits per heavy atom. The molecule has 10 heteroatoms. The molecule has 35 heavy (non-hydrogen) atoms. The summed E-state index contributed by atoms with van der Waals surface area (Å²) in [5.41, 5.74) is 3.35. The summed E-state index contributed by atoms with van der Waals surface area (Å²) in [6.07, 6.45) is -4.29. The Morgan fingerprint density at radius 1 is 1.03 bits per heavy atom. The van der Waals surface area contributed by atoms with Crippen molar-refractivity contribution in [3.63, 3.8) is 0 Å². The smallest absolute Gasteiger partial charge is 0.407 e. The normalized spacial score (nSPS) is 16.9. The lowest BCUT2D eigenvalue weighted by Gasteiger charge is -2.41. The quantitative estimate of drug-likeness (QED) is 0.514. The van der Waals surface area contributed by atoms with Gasteiger partial charge in [-0.2, -0.15) is 13.2 Å². The van der Waals surface area contributed by atoms with E-state index in [1.165, 1.54) is 0 Å². The largest absolute Gasteiger partial charge is 0.481 e. The van der Waals surface area contributed by atoms with Gasteiger partial charge in [-0.15, -0.1) is 0 Å². The highest BCUT2D eigenvalue weighted by Gasteiger charge is 2.46. The first-order valence-electron chi connectivity index (χ1n) is 11.3. The minimum atomic E-state index is -4.98. The van der Waals surface area contributed by atoms with Gasteiger partial charge < -0.3 is 20.5 Å². The van der Waals surface area contributed by atoms with E-state index < -0.39 is 42.1 Å². The van der Waals surface area contributed by atoms with Gasteiger partial charge in [-0.1, -0.05) is 48.5 Å². The van der Waals surface area contributed by atoms with Crippen molar-refractivity contribution in [3.05, 3.63) is 59.7 Å². The number of nitrogens with one attached hydrogen (secondary N) is 2. The molecule has 4 rings (SSSR count). The van der Waals surface area contributed by atoms with Crippen LogP contribution < -0.4 is 10.6 Å². The maximum absolute atomic E-state index is 12.8. The van der Waals surface area contributed by atoms with Crippen LogP contribution in [0.15, 0.2) is 48.5 Å². The Hall–Kier alpha value is -3.56. The molecule has 0 radical (unpaired) electrons. The summed E-state index contributed by atoms with van der Waals surface area (Å²) in [5.74, 6) is -5.66. The van der Waals surface area contributed by atoms with Gasteiger partial charge in [0.2, 0.25) is 5.91 Å². The van der Waals surface area contributed by atoms with Crippen LogP contribution in [0.25, 0.3) is 11.1 Å². The van der Waals surface area contributed by atoms with Crippen molar-refractivity contribution in [2.75, 3.05) is 13.2 Å². The van der Waals surface area contributed by atoms with Crippen molar-refractivity contribution >= 4 is 18.0 Å². The number of carboxylic acids is 1. The highest BCUT2D eigenvalue weighted by molar-refractivity contribution is 5.81. The van der Waals surface area contributed by atoms with Crippen LogP contribution in [0.2, 0.25) is 0 Å². The van der Waals surface area contributed by atoms with E-state index in [-0.39, 0.29) is 18.9 Å². The summed E-state index contributed by atoms with van der Waals surface area (Å²) in [7, 11) is 0. The summed E-state index contributed by atoms with van der Waals surface area (Å²) in [6, 6.07) is 15.8. The third-order valence-electron chi connectivity index (χ3n) is 6.72. The molecular weight excluding hydrogens is 465 g/mol. The van der Waals surface area contributed by atoms with Crippen molar-refractivity contribution in [1.82, 2.24) is 10.6 Å². The van der Waals surface area contributed by atoms with Gasteiger partial charge in [0, 0.05) is 18.9 Å². The van der Waals surface area contributed by atoms with Crippen molar-refractivity contribution in [2.45, 2.75) is 43.3 Å².